The fourth-order valence-electron chi connectivity index (χ4n) is 2.90. The second-order valence-corrected chi connectivity index (χ2v) is 5.90. The van der Waals surface area contributed by atoms with Gasteiger partial charge in [0, 0.05) is 6.54 Å². The summed E-state index contributed by atoms with van der Waals surface area (Å²) in [5.74, 6) is 0. The molecule has 126 valence electrons. The lowest BCUT2D eigenvalue weighted by Crippen LogP contribution is -2.19. The van der Waals surface area contributed by atoms with Gasteiger partial charge in [-0.2, -0.15) is 0 Å². The number of anilines is 2. The highest BCUT2D eigenvalue weighted by Crippen LogP contribution is 2.49. The number of benzene rings is 1. The summed E-state index contributed by atoms with van der Waals surface area (Å²) in [5, 5.41) is 0. The maximum Gasteiger partial charge on any atom is 0.0684 e. The van der Waals surface area contributed by atoms with E-state index in [1.165, 1.54) is 16.9 Å². The number of rotatable bonds is 8. The second-order valence-electron chi connectivity index (χ2n) is 5.90. The van der Waals surface area contributed by atoms with E-state index in [2.05, 4.69) is 64.6 Å². The number of nitrogens with zero attached hydrogens (tertiary/aromatic N) is 1. The van der Waals surface area contributed by atoms with Gasteiger partial charge in [0.15, 0.2) is 0 Å². The van der Waals surface area contributed by atoms with Gasteiger partial charge >= 0.3 is 0 Å². The van der Waals surface area contributed by atoms with Gasteiger partial charge in [0.1, 0.15) is 0 Å². The van der Waals surface area contributed by atoms with Gasteiger partial charge in [0.2, 0.25) is 0 Å². The fraction of sp³-hybridized carbons (Fsp3) is 0.700. The summed E-state index contributed by atoms with van der Waals surface area (Å²) in [5.41, 5.74) is 4.41. The monoisotopic (exact) mass is 305 g/mol. The minimum Gasteiger partial charge on any atom is -0.375 e. The molecule has 0 N–H and O–H groups in total. The van der Waals surface area contributed by atoms with Crippen LogP contribution < -0.4 is 4.90 Å². The van der Waals surface area contributed by atoms with Gasteiger partial charge in [0.25, 0.3) is 0 Å². The Morgan fingerprint density at radius 1 is 0.864 bits per heavy atom. The van der Waals surface area contributed by atoms with Crippen LogP contribution in [0.2, 0.25) is 0 Å². The van der Waals surface area contributed by atoms with E-state index in [9.17, 15) is 0 Å². The molecule has 0 unspecified atom stereocenters. The first-order chi connectivity index (χ1) is 10.7. The highest BCUT2D eigenvalue weighted by molar-refractivity contribution is 5.95. The predicted molar refractivity (Wildman–Crippen MR) is 98.3 cm³/mol. The zero-order valence-corrected chi connectivity index (χ0v) is 15.5. The summed E-state index contributed by atoms with van der Waals surface area (Å²) in [7, 11) is 0. The molecule has 1 heterocycles. The molecule has 0 aliphatic carbocycles. The number of hydrogen-bond donors (Lipinski definition) is 0. The molecule has 1 aromatic rings. The average Bonchev–Trinajstić information content (AvgIpc) is 3.30. The van der Waals surface area contributed by atoms with Gasteiger partial charge in [-0.1, -0.05) is 46.8 Å². The number of fused-ring (bicyclic) bond motifs is 1. The van der Waals surface area contributed by atoms with Gasteiger partial charge in [-0.3, -0.25) is 0 Å². The number of ether oxygens (including phenoxy) is 1. The van der Waals surface area contributed by atoms with Crippen molar-refractivity contribution in [3.05, 3.63) is 23.8 Å². The third kappa shape index (κ3) is 5.01. The van der Waals surface area contributed by atoms with Crippen LogP contribution in [0, 0.1) is 0 Å². The Morgan fingerprint density at radius 3 is 1.82 bits per heavy atom. The van der Waals surface area contributed by atoms with Crippen molar-refractivity contribution >= 4 is 11.4 Å². The standard InChI is InChI=1S/C10H13N.C10H22O/c1-3-8-6-5-7-9-10(8)11(9)4-2;1-5-9(6-2)11-10(7-3)8-4/h5-7H,3-4H2,1-2H3;9-10H,5-8H2,1-4H3. The molecule has 2 heteroatoms. The molecular formula is C20H35NO. The Kier molecular flexibility index (Phi) is 8.55. The van der Waals surface area contributed by atoms with Crippen LogP contribution in [-0.4, -0.2) is 18.8 Å². The molecule has 2 nitrogen and oxygen atoms in total. The third-order valence-corrected chi connectivity index (χ3v) is 4.51. The normalized spacial score (nSPS) is 12.3. The van der Waals surface area contributed by atoms with Gasteiger partial charge < -0.3 is 9.64 Å². The van der Waals surface area contributed by atoms with E-state index in [1.807, 2.05) is 0 Å². The SMILES string of the molecule is CCC(CC)OC(CC)CC.CCc1cccc2c1N2CC. The lowest BCUT2D eigenvalue weighted by molar-refractivity contribution is -0.0188. The molecule has 0 radical (unpaired) electrons. The molecule has 1 aliphatic rings. The van der Waals surface area contributed by atoms with Gasteiger partial charge in [-0.15, -0.1) is 0 Å². The zero-order chi connectivity index (χ0) is 16.5. The van der Waals surface area contributed by atoms with Crippen molar-refractivity contribution in [1.82, 2.24) is 0 Å². The highest BCUT2D eigenvalue weighted by atomic mass is 16.5. The Labute approximate surface area is 137 Å². The second kappa shape index (κ2) is 9.89. The van der Waals surface area contributed by atoms with Crippen LogP contribution >= 0.6 is 0 Å². The minimum atomic E-state index is 0.486. The smallest absolute Gasteiger partial charge is 0.0684 e. The van der Waals surface area contributed by atoms with Crippen molar-refractivity contribution in [3.63, 3.8) is 0 Å². The Hall–Kier alpha value is -1.02. The van der Waals surface area contributed by atoms with Crippen LogP contribution in [0.5, 0.6) is 0 Å². The zero-order valence-electron chi connectivity index (χ0n) is 15.5. The molecule has 0 saturated carbocycles. The third-order valence-electron chi connectivity index (χ3n) is 4.51. The molecule has 22 heavy (non-hydrogen) atoms. The maximum absolute atomic E-state index is 5.85. The number of para-hydroxylation sites is 1. The first-order valence-electron chi connectivity index (χ1n) is 9.21. The van der Waals surface area contributed by atoms with Crippen molar-refractivity contribution in [2.75, 3.05) is 11.4 Å². The van der Waals surface area contributed by atoms with Crippen LogP contribution in [0.15, 0.2) is 18.2 Å². The summed E-state index contributed by atoms with van der Waals surface area (Å²) in [6.07, 6.45) is 6.71. The molecule has 1 aromatic carbocycles. The van der Waals surface area contributed by atoms with E-state index in [0.717, 1.165) is 38.6 Å². The molecule has 0 amide bonds. The fourth-order valence-corrected chi connectivity index (χ4v) is 2.90. The summed E-state index contributed by atoms with van der Waals surface area (Å²) in [4.78, 5) is 2.36. The van der Waals surface area contributed by atoms with Crippen LogP contribution in [0.3, 0.4) is 0 Å². The van der Waals surface area contributed by atoms with Crippen LogP contribution in [0.25, 0.3) is 0 Å². The van der Waals surface area contributed by atoms with Crippen LogP contribution in [-0.2, 0) is 11.2 Å². The van der Waals surface area contributed by atoms with E-state index >= 15 is 0 Å². The quantitative estimate of drug-likeness (QED) is 0.538. The Balaban J connectivity index is 0.000000220. The van der Waals surface area contributed by atoms with Crippen molar-refractivity contribution in [1.29, 1.82) is 0 Å². The van der Waals surface area contributed by atoms with Crippen LogP contribution in [0.4, 0.5) is 11.4 Å². The molecule has 0 spiro atoms. The Bertz CT molecular complexity index is 412. The molecule has 0 atom stereocenters. The van der Waals surface area contributed by atoms with Crippen molar-refractivity contribution < 1.29 is 4.74 Å². The number of aryl methyl sites for hydroxylation is 1. The lowest BCUT2D eigenvalue weighted by Gasteiger charge is -2.20. The van der Waals surface area contributed by atoms with Gasteiger partial charge in [-0.05, 0) is 50.7 Å². The van der Waals surface area contributed by atoms with E-state index in [-0.39, 0.29) is 0 Å². The first-order valence-corrected chi connectivity index (χ1v) is 9.21. The topological polar surface area (TPSA) is 12.2 Å². The predicted octanol–water partition coefficient (Wildman–Crippen LogP) is 6.10. The summed E-state index contributed by atoms with van der Waals surface area (Å²) in [6.45, 7) is 14.3. The van der Waals surface area contributed by atoms with E-state index < -0.39 is 0 Å². The van der Waals surface area contributed by atoms with Crippen LogP contribution in [0.1, 0.15) is 72.8 Å². The summed E-state index contributed by atoms with van der Waals surface area (Å²) in [6, 6.07) is 6.56. The maximum atomic E-state index is 5.85. The summed E-state index contributed by atoms with van der Waals surface area (Å²) < 4.78 is 5.85. The van der Waals surface area contributed by atoms with Crippen molar-refractivity contribution in [2.45, 2.75) is 85.9 Å². The molecular weight excluding hydrogens is 270 g/mol. The van der Waals surface area contributed by atoms with Crippen molar-refractivity contribution in [3.8, 4) is 0 Å². The van der Waals surface area contributed by atoms with E-state index in [1.54, 1.807) is 0 Å². The molecule has 0 saturated heterocycles. The van der Waals surface area contributed by atoms with Crippen molar-refractivity contribution in [2.24, 2.45) is 0 Å². The molecule has 1 aliphatic heterocycles. The molecule has 0 bridgehead atoms. The van der Waals surface area contributed by atoms with Gasteiger partial charge in [0.05, 0.1) is 23.6 Å². The largest absolute Gasteiger partial charge is 0.375 e. The molecule has 0 fully saturated rings. The number of hydrogen-bond acceptors (Lipinski definition) is 2. The molecule has 0 aromatic heterocycles. The lowest BCUT2D eigenvalue weighted by atomic mass is 10.2. The summed E-state index contributed by atoms with van der Waals surface area (Å²) >= 11 is 0. The minimum absolute atomic E-state index is 0.486. The Morgan fingerprint density at radius 2 is 1.41 bits per heavy atom. The van der Waals surface area contributed by atoms with Gasteiger partial charge in [-0.25, -0.2) is 0 Å². The molecule has 2 rings (SSSR count). The van der Waals surface area contributed by atoms with E-state index in [0.29, 0.717) is 12.2 Å². The average molecular weight is 306 g/mol. The van der Waals surface area contributed by atoms with E-state index in [4.69, 9.17) is 4.74 Å². The highest BCUT2D eigenvalue weighted by Gasteiger charge is 2.28. The first kappa shape index (κ1) is 19.0.